The zero-order chi connectivity index (χ0) is 21.0. The number of carbonyl (C=O) groups is 3. The number of hydrogen-bond acceptors (Lipinski definition) is 5. The molecule has 0 aliphatic carbocycles. The van der Waals surface area contributed by atoms with E-state index in [4.69, 9.17) is 11.1 Å². The molecule has 3 amide bonds. The first kappa shape index (κ1) is 20.6. The van der Waals surface area contributed by atoms with E-state index in [1.807, 2.05) is 49.4 Å². The van der Waals surface area contributed by atoms with E-state index in [2.05, 4.69) is 0 Å². The van der Waals surface area contributed by atoms with Gasteiger partial charge in [-0.1, -0.05) is 59.8 Å². The van der Waals surface area contributed by atoms with Crippen LogP contribution < -0.4 is 10.6 Å². The number of benzene rings is 2. The second-order valence-electron chi connectivity index (χ2n) is 6.78. The van der Waals surface area contributed by atoms with Crippen LogP contribution >= 0.6 is 11.8 Å². The number of nitrogens with zero attached hydrogens (tertiary/aromatic N) is 2. The molecule has 1 aliphatic rings. The maximum absolute atomic E-state index is 13.1. The number of anilines is 1. The van der Waals surface area contributed by atoms with Crippen LogP contribution in [0.25, 0.3) is 0 Å². The summed E-state index contributed by atoms with van der Waals surface area (Å²) in [6.07, 6.45) is -0.0734. The Labute approximate surface area is 173 Å². The summed E-state index contributed by atoms with van der Waals surface area (Å²) in [4.78, 5) is 41.2. The fraction of sp³-hybridized carbons (Fsp3) is 0.238. The van der Waals surface area contributed by atoms with Gasteiger partial charge in [0.2, 0.25) is 11.8 Å². The number of amides is 3. The molecule has 29 heavy (non-hydrogen) atoms. The first-order valence-corrected chi connectivity index (χ1v) is 10.1. The molecule has 2 aromatic carbocycles. The molecule has 0 unspecified atom stereocenters. The Hall–Kier alpha value is -3.13. The van der Waals surface area contributed by atoms with Crippen molar-refractivity contribution in [1.29, 1.82) is 5.41 Å². The highest BCUT2D eigenvalue weighted by atomic mass is 32.2. The molecule has 1 atom stereocenters. The van der Waals surface area contributed by atoms with Crippen molar-refractivity contribution < 1.29 is 14.4 Å². The van der Waals surface area contributed by atoms with E-state index in [0.717, 1.165) is 27.8 Å². The summed E-state index contributed by atoms with van der Waals surface area (Å²) in [5, 5.41) is 7.16. The summed E-state index contributed by atoms with van der Waals surface area (Å²) < 4.78 is 0. The minimum Gasteiger partial charge on any atom is -0.379 e. The Morgan fingerprint density at radius 1 is 1.17 bits per heavy atom. The molecule has 3 N–H and O–H groups in total. The molecule has 150 valence electrons. The summed E-state index contributed by atoms with van der Waals surface area (Å²) in [5.74, 6) is -1.17. The van der Waals surface area contributed by atoms with Gasteiger partial charge in [0.1, 0.15) is 6.04 Å². The molecule has 0 saturated carbocycles. The van der Waals surface area contributed by atoms with Gasteiger partial charge in [0.05, 0.1) is 17.9 Å². The van der Waals surface area contributed by atoms with Crippen molar-refractivity contribution in [2.24, 2.45) is 5.73 Å². The van der Waals surface area contributed by atoms with E-state index in [1.54, 1.807) is 12.1 Å². The number of imide groups is 1. The second kappa shape index (κ2) is 8.91. The first-order valence-electron chi connectivity index (χ1n) is 9.10. The Balaban J connectivity index is 1.87. The number of aryl methyl sites for hydroxylation is 1. The van der Waals surface area contributed by atoms with Gasteiger partial charge in [0.25, 0.3) is 5.91 Å². The molecule has 0 radical (unpaired) electrons. The van der Waals surface area contributed by atoms with E-state index >= 15 is 0 Å². The largest absolute Gasteiger partial charge is 0.379 e. The van der Waals surface area contributed by atoms with Gasteiger partial charge in [0, 0.05) is 6.54 Å². The lowest BCUT2D eigenvalue weighted by atomic mass is 10.1. The quantitative estimate of drug-likeness (QED) is 0.432. The number of rotatable bonds is 6. The molecule has 1 heterocycles. The van der Waals surface area contributed by atoms with Crippen LogP contribution in [0.15, 0.2) is 54.6 Å². The van der Waals surface area contributed by atoms with Crippen LogP contribution in [-0.4, -0.2) is 39.6 Å². The van der Waals surface area contributed by atoms with E-state index in [1.165, 1.54) is 4.90 Å². The van der Waals surface area contributed by atoms with Gasteiger partial charge >= 0.3 is 0 Å². The van der Waals surface area contributed by atoms with Crippen LogP contribution in [0.5, 0.6) is 0 Å². The monoisotopic (exact) mass is 410 g/mol. The van der Waals surface area contributed by atoms with E-state index in [9.17, 15) is 14.4 Å². The highest BCUT2D eigenvalue weighted by molar-refractivity contribution is 8.14. The number of nitrogens with two attached hydrogens (primary N) is 1. The Kier molecular flexibility index (Phi) is 6.33. The van der Waals surface area contributed by atoms with Crippen LogP contribution in [0.2, 0.25) is 0 Å². The Morgan fingerprint density at radius 2 is 1.83 bits per heavy atom. The standard InChI is InChI=1S/C21H22N4O3S/c1-14-7-9-16(10-8-14)25-18(26)11-17(20(25)28)24(19(27)13-29-21(22)23)12-15-5-3-2-4-6-15/h2-10,17H,11-13H2,1H3,(H3,22,23)/t17-/m1/s1. The van der Waals surface area contributed by atoms with Crippen molar-refractivity contribution in [3.05, 3.63) is 65.7 Å². The normalized spacial score (nSPS) is 16.2. The van der Waals surface area contributed by atoms with Gasteiger partial charge in [0.15, 0.2) is 5.17 Å². The molecule has 0 spiro atoms. The van der Waals surface area contributed by atoms with Crippen molar-refractivity contribution in [1.82, 2.24) is 4.90 Å². The molecular weight excluding hydrogens is 388 g/mol. The van der Waals surface area contributed by atoms with Crippen LogP contribution in [0.4, 0.5) is 5.69 Å². The smallest absolute Gasteiger partial charge is 0.257 e. The van der Waals surface area contributed by atoms with Crippen molar-refractivity contribution in [3.63, 3.8) is 0 Å². The summed E-state index contributed by atoms with van der Waals surface area (Å²) >= 11 is 0.898. The predicted molar refractivity (Wildman–Crippen MR) is 113 cm³/mol. The van der Waals surface area contributed by atoms with Crippen molar-refractivity contribution in [3.8, 4) is 0 Å². The molecule has 8 heteroatoms. The maximum Gasteiger partial charge on any atom is 0.257 e. The fourth-order valence-corrected chi connectivity index (χ4v) is 3.64. The van der Waals surface area contributed by atoms with Gasteiger partial charge in [-0.3, -0.25) is 19.8 Å². The number of nitrogens with one attached hydrogen (secondary N) is 1. The molecule has 0 aromatic heterocycles. The molecule has 0 bridgehead atoms. The van der Waals surface area contributed by atoms with Gasteiger partial charge in [-0.05, 0) is 24.6 Å². The summed E-state index contributed by atoms with van der Waals surface area (Å²) in [5.41, 5.74) is 7.72. The van der Waals surface area contributed by atoms with E-state index < -0.39 is 11.9 Å². The van der Waals surface area contributed by atoms with Gasteiger partial charge in [-0.15, -0.1) is 0 Å². The lowest BCUT2D eigenvalue weighted by Gasteiger charge is -2.27. The number of thioether (sulfide) groups is 1. The molecule has 1 aliphatic heterocycles. The van der Waals surface area contributed by atoms with E-state index in [-0.39, 0.29) is 35.7 Å². The highest BCUT2D eigenvalue weighted by Crippen LogP contribution is 2.27. The zero-order valence-corrected chi connectivity index (χ0v) is 16.8. The molecule has 1 fully saturated rings. The lowest BCUT2D eigenvalue weighted by molar-refractivity contribution is -0.136. The molecule has 1 saturated heterocycles. The molecule has 2 aromatic rings. The average molecular weight is 410 g/mol. The third-order valence-electron chi connectivity index (χ3n) is 4.66. The van der Waals surface area contributed by atoms with Gasteiger partial charge < -0.3 is 10.6 Å². The summed E-state index contributed by atoms with van der Waals surface area (Å²) in [6.45, 7) is 2.12. The average Bonchev–Trinajstić information content (AvgIpc) is 2.99. The number of hydrogen-bond donors (Lipinski definition) is 2. The van der Waals surface area contributed by atoms with Crippen molar-refractivity contribution >= 4 is 40.3 Å². The van der Waals surface area contributed by atoms with Gasteiger partial charge in [-0.25, -0.2) is 4.90 Å². The van der Waals surface area contributed by atoms with Crippen LogP contribution in [0, 0.1) is 12.3 Å². The number of carbonyl (C=O) groups excluding carboxylic acids is 3. The topological polar surface area (TPSA) is 108 Å². The van der Waals surface area contributed by atoms with E-state index in [0.29, 0.717) is 5.69 Å². The van der Waals surface area contributed by atoms with Crippen molar-refractivity contribution in [2.75, 3.05) is 10.7 Å². The molecular formula is C21H22N4O3S. The SMILES string of the molecule is Cc1ccc(N2C(=O)C[C@@H](N(Cc3ccccc3)C(=O)CSC(=N)N)C2=O)cc1. The summed E-state index contributed by atoms with van der Waals surface area (Å²) in [6, 6.07) is 15.5. The highest BCUT2D eigenvalue weighted by Gasteiger charge is 2.44. The fourth-order valence-electron chi connectivity index (χ4n) is 3.20. The minimum absolute atomic E-state index is 0.0648. The third kappa shape index (κ3) is 4.83. The number of amidine groups is 1. The van der Waals surface area contributed by atoms with Crippen LogP contribution in [-0.2, 0) is 20.9 Å². The predicted octanol–water partition coefficient (Wildman–Crippen LogP) is 2.28. The molecule has 3 rings (SSSR count). The van der Waals surface area contributed by atoms with Gasteiger partial charge in [-0.2, -0.15) is 0 Å². The second-order valence-corrected chi connectivity index (χ2v) is 7.80. The van der Waals surface area contributed by atoms with Crippen LogP contribution in [0.3, 0.4) is 0 Å². The zero-order valence-electron chi connectivity index (χ0n) is 16.0. The Morgan fingerprint density at radius 3 is 2.45 bits per heavy atom. The molecule has 7 nitrogen and oxygen atoms in total. The van der Waals surface area contributed by atoms with Crippen LogP contribution in [0.1, 0.15) is 17.5 Å². The minimum atomic E-state index is -0.885. The first-order chi connectivity index (χ1) is 13.9. The third-order valence-corrected chi connectivity index (χ3v) is 5.36. The lowest BCUT2D eigenvalue weighted by Crippen LogP contribution is -2.46. The maximum atomic E-state index is 13.1. The Bertz CT molecular complexity index is 931. The van der Waals surface area contributed by atoms with Crippen molar-refractivity contribution in [2.45, 2.75) is 25.9 Å². The summed E-state index contributed by atoms with van der Waals surface area (Å²) in [7, 11) is 0.